The van der Waals surface area contributed by atoms with Gasteiger partial charge in [0.1, 0.15) is 0 Å². The molecule has 0 spiro atoms. The van der Waals surface area contributed by atoms with Crippen LogP contribution in [0.2, 0.25) is 0 Å². The largest absolute Gasteiger partial charge is 0.305 e. The van der Waals surface area contributed by atoms with E-state index in [1.165, 1.54) is 38.5 Å². The topological polar surface area (TPSA) is 58.2 Å². The molecule has 5 rings (SSSR count). The Labute approximate surface area is 113 Å². The number of carbonyl (C=O) groups is 2. The van der Waals surface area contributed by atoms with Crippen molar-refractivity contribution < 1.29 is 9.59 Å². The van der Waals surface area contributed by atoms with Gasteiger partial charge in [-0.2, -0.15) is 0 Å². The number of carbonyl (C=O) groups excluding carboxylic acids is 2. The maximum Gasteiger partial charge on any atom is 0.244 e. The van der Waals surface area contributed by atoms with Gasteiger partial charge in [0.25, 0.3) is 0 Å². The van der Waals surface area contributed by atoms with Crippen LogP contribution in [0.1, 0.15) is 44.9 Å². The van der Waals surface area contributed by atoms with Crippen molar-refractivity contribution in [2.45, 2.75) is 51.0 Å². The molecule has 5 aliphatic rings. The fourth-order valence-electron chi connectivity index (χ4n) is 5.56. The molecule has 1 heterocycles. The van der Waals surface area contributed by atoms with Crippen molar-refractivity contribution in [2.24, 2.45) is 23.2 Å². The molecule has 2 N–H and O–H groups in total. The highest BCUT2D eigenvalue weighted by atomic mass is 16.2. The van der Waals surface area contributed by atoms with Gasteiger partial charge in [0.15, 0.2) is 0 Å². The van der Waals surface area contributed by atoms with Gasteiger partial charge in [-0.1, -0.05) is 0 Å². The van der Waals surface area contributed by atoms with Crippen LogP contribution in [-0.4, -0.2) is 24.4 Å². The van der Waals surface area contributed by atoms with E-state index in [9.17, 15) is 9.59 Å². The van der Waals surface area contributed by atoms with Crippen LogP contribution >= 0.6 is 0 Å². The van der Waals surface area contributed by atoms with Gasteiger partial charge in [-0.15, -0.1) is 0 Å². The van der Waals surface area contributed by atoms with Crippen LogP contribution in [0.15, 0.2) is 0 Å². The van der Waals surface area contributed by atoms with Crippen LogP contribution in [0, 0.1) is 23.2 Å². The van der Waals surface area contributed by atoms with Crippen LogP contribution in [-0.2, 0) is 9.59 Å². The third-order valence-corrected chi connectivity index (χ3v) is 5.86. The van der Waals surface area contributed by atoms with Crippen molar-refractivity contribution in [3.8, 4) is 0 Å². The minimum absolute atomic E-state index is 0.130. The lowest BCUT2D eigenvalue weighted by atomic mass is 9.49. The molecule has 4 nitrogen and oxygen atoms in total. The van der Waals surface area contributed by atoms with Gasteiger partial charge in [0.2, 0.25) is 11.8 Å². The number of hydrogen-bond donors (Lipinski definition) is 2. The standard InChI is InChI=1S/C15H22N2O2/c18-13-4-12(14(19)17-13)16-8-15-5-9-1-10(6-15)3-11(2-9)7-15/h9-12,16H,1-8H2,(H,17,18,19). The van der Waals surface area contributed by atoms with E-state index < -0.39 is 0 Å². The van der Waals surface area contributed by atoms with E-state index >= 15 is 0 Å². The van der Waals surface area contributed by atoms with Crippen LogP contribution in [0.4, 0.5) is 0 Å². The van der Waals surface area contributed by atoms with E-state index in [1.807, 2.05) is 0 Å². The Hall–Kier alpha value is -0.900. The highest BCUT2D eigenvalue weighted by molar-refractivity contribution is 6.05. The number of amides is 2. The van der Waals surface area contributed by atoms with Crippen molar-refractivity contribution in [1.82, 2.24) is 10.6 Å². The molecular weight excluding hydrogens is 240 g/mol. The fraction of sp³-hybridized carbons (Fsp3) is 0.867. The Kier molecular flexibility index (Phi) is 2.53. The molecule has 4 aliphatic carbocycles. The Morgan fingerprint density at radius 2 is 1.63 bits per heavy atom. The van der Waals surface area contributed by atoms with Gasteiger partial charge in [-0.05, 0) is 61.7 Å². The van der Waals surface area contributed by atoms with E-state index in [1.54, 1.807) is 0 Å². The second kappa shape index (κ2) is 4.05. The minimum atomic E-state index is -0.277. The van der Waals surface area contributed by atoms with Crippen molar-refractivity contribution in [3.05, 3.63) is 0 Å². The third kappa shape index (κ3) is 2.00. The molecule has 0 radical (unpaired) electrons. The first-order valence-corrected chi connectivity index (χ1v) is 7.69. The molecule has 0 aromatic rings. The number of hydrogen-bond acceptors (Lipinski definition) is 3. The number of nitrogens with one attached hydrogen (secondary N) is 2. The van der Waals surface area contributed by atoms with Crippen molar-refractivity contribution in [3.63, 3.8) is 0 Å². The second-order valence-corrected chi connectivity index (χ2v) is 7.47. The average molecular weight is 262 g/mol. The summed E-state index contributed by atoms with van der Waals surface area (Å²) in [5.41, 5.74) is 0.431. The molecule has 1 saturated heterocycles. The Morgan fingerprint density at radius 3 is 2.11 bits per heavy atom. The van der Waals surface area contributed by atoms with E-state index in [4.69, 9.17) is 0 Å². The Bertz CT molecular complexity index is 397. The predicted octanol–water partition coefficient (Wildman–Crippen LogP) is 1.21. The van der Waals surface area contributed by atoms with Crippen LogP contribution < -0.4 is 10.6 Å². The molecular formula is C15H22N2O2. The molecule has 4 heteroatoms. The molecule has 2 amide bonds. The van der Waals surface area contributed by atoms with E-state index in [0.29, 0.717) is 11.8 Å². The summed E-state index contributed by atoms with van der Waals surface area (Å²) in [6.45, 7) is 0.932. The van der Waals surface area contributed by atoms with E-state index in [-0.39, 0.29) is 17.9 Å². The van der Waals surface area contributed by atoms with Gasteiger partial charge in [-0.3, -0.25) is 14.9 Å². The lowest BCUT2D eigenvalue weighted by Crippen LogP contribution is -2.52. The van der Waals surface area contributed by atoms with Gasteiger partial charge < -0.3 is 5.32 Å². The second-order valence-electron chi connectivity index (χ2n) is 7.47. The Morgan fingerprint density at radius 1 is 1.05 bits per heavy atom. The zero-order chi connectivity index (χ0) is 13.0. The molecule has 0 aromatic carbocycles. The Balaban J connectivity index is 1.43. The zero-order valence-electron chi connectivity index (χ0n) is 11.3. The van der Waals surface area contributed by atoms with Gasteiger partial charge in [0, 0.05) is 6.54 Å². The molecule has 19 heavy (non-hydrogen) atoms. The summed E-state index contributed by atoms with van der Waals surface area (Å²) < 4.78 is 0. The van der Waals surface area contributed by atoms with Crippen LogP contribution in [0.25, 0.3) is 0 Å². The molecule has 104 valence electrons. The SMILES string of the molecule is O=C1CC(NCC23CC4CC(CC(C4)C2)C3)C(=O)N1. The lowest BCUT2D eigenvalue weighted by Gasteiger charge is -2.57. The first-order chi connectivity index (χ1) is 9.12. The third-order valence-electron chi connectivity index (χ3n) is 5.86. The summed E-state index contributed by atoms with van der Waals surface area (Å²) in [6.07, 6.45) is 8.69. The number of rotatable bonds is 3. The van der Waals surface area contributed by atoms with Crippen molar-refractivity contribution >= 4 is 11.8 Å². The first-order valence-electron chi connectivity index (χ1n) is 7.69. The summed E-state index contributed by atoms with van der Waals surface area (Å²) in [5.74, 6) is 2.55. The monoisotopic (exact) mass is 262 g/mol. The van der Waals surface area contributed by atoms with Crippen LogP contribution in [0.5, 0.6) is 0 Å². The molecule has 1 unspecified atom stereocenters. The molecule has 1 aliphatic heterocycles. The molecule has 1 atom stereocenters. The summed E-state index contributed by atoms with van der Waals surface area (Å²) in [6, 6.07) is -0.277. The van der Waals surface area contributed by atoms with Gasteiger partial charge >= 0.3 is 0 Å². The normalized spacial score (nSPS) is 47.8. The predicted molar refractivity (Wildman–Crippen MR) is 70.2 cm³/mol. The highest BCUT2D eigenvalue weighted by Crippen LogP contribution is 2.59. The summed E-state index contributed by atoms with van der Waals surface area (Å²) in [5, 5.41) is 5.77. The van der Waals surface area contributed by atoms with Gasteiger partial charge in [-0.25, -0.2) is 0 Å². The molecule has 0 aromatic heterocycles. The maximum atomic E-state index is 11.6. The highest BCUT2D eigenvalue weighted by Gasteiger charge is 2.51. The summed E-state index contributed by atoms with van der Waals surface area (Å²) in [7, 11) is 0. The van der Waals surface area contributed by atoms with Crippen molar-refractivity contribution in [2.75, 3.05) is 6.54 Å². The summed E-state index contributed by atoms with van der Waals surface area (Å²) >= 11 is 0. The summed E-state index contributed by atoms with van der Waals surface area (Å²) in [4.78, 5) is 22.8. The van der Waals surface area contributed by atoms with E-state index in [2.05, 4.69) is 10.6 Å². The zero-order valence-corrected chi connectivity index (χ0v) is 11.3. The molecule has 5 fully saturated rings. The molecule has 4 saturated carbocycles. The van der Waals surface area contributed by atoms with E-state index in [0.717, 1.165) is 24.3 Å². The van der Waals surface area contributed by atoms with Gasteiger partial charge in [0.05, 0.1) is 12.5 Å². The quantitative estimate of drug-likeness (QED) is 0.752. The molecule has 4 bridgehead atoms. The van der Waals surface area contributed by atoms with Crippen molar-refractivity contribution in [1.29, 1.82) is 0 Å². The fourth-order valence-corrected chi connectivity index (χ4v) is 5.56. The maximum absolute atomic E-state index is 11.6. The first kappa shape index (κ1) is 11.9. The lowest BCUT2D eigenvalue weighted by molar-refractivity contribution is -0.125. The average Bonchev–Trinajstić information content (AvgIpc) is 2.64. The number of imide groups is 1. The van der Waals surface area contributed by atoms with Crippen LogP contribution in [0.3, 0.4) is 0 Å². The smallest absolute Gasteiger partial charge is 0.244 e. The minimum Gasteiger partial charge on any atom is -0.305 e.